The van der Waals surface area contributed by atoms with Gasteiger partial charge >= 0.3 is 0 Å². The van der Waals surface area contributed by atoms with Gasteiger partial charge in [0, 0.05) is 30.9 Å². The van der Waals surface area contributed by atoms with Gasteiger partial charge in [-0.05, 0) is 97.8 Å². The second-order valence-corrected chi connectivity index (χ2v) is 10.5. The van der Waals surface area contributed by atoms with Gasteiger partial charge in [0.15, 0.2) is 0 Å². The lowest BCUT2D eigenvalue weighted by Crippen LogP contribution is -2.62. The summed E-state index contributed by atoms with van der Waals surface area (Å²) in [5, 5.41) is 0. The predicted molar refractivity (Wildman–Crippen MR) is 117 cm³/mol. The summed E-state index contributed by atoms with van der Waals surface area (Å²) in [5.74, 6) is 2.56. The van der Waals surface area contributed by atoms with Crippen molar-refractivity contribution in [2.24, 2.45) is 23.2 Å². The van der Waals surface area contributed by atoms with Crippen LogP contribution in [0.1, 0.15) is 83.3 Å². The van der Waals surface area contributed by atoms with Crippen LogP contribution in [0.5, 0.6) is 0 Å². The molecule has 3 unspecified atom stereocenters. The fourth-order valence-corrected chi connectivity index (χ4v) is 7.66. The van der Waals surface area contributed by atoms with Gasteiger partial charge in [0.1, 0.15) is 0 Å². The van der Waals surface area contributed by atoms with E-state index in [0.717, 1.165) is 37.6 Å². The lowest BCUT2D eigenvalue weighted by molar-refractivity contribution is -0.150. The molecule has 2 aliphatic carbocycles. The van der Waals surface area contributed by atoms with E-state index in [2.05, 4.69) is 49.0 Å². The molecule has 1 aromatic rings. The zero-order valence-electron chi connectivity index (χ0n) is 18.4. The van der Waals surface area contributed by atoms with Crippen LogP contribution in [0.15, 0.2) is 24.5 Å². The molecule has 5 rings (SSSR count). The molecule has 0 radical (unpaired) electrons. The molecule has 29 heavy (non-hydrogen) atoms. The summed E-state index contributed by atoms with van der Waals surface area (Å²) in [6, 6.07) is 2.37. The average molecular weight is 393 g/mol. The molecule has 1 saturated carbocycles. The molecular formula is C26H36N2O. The number of carbonyl (C=O) groups excluding carboxylic acids is 1. The van der Waals surface area contributed by atoms with Gasteiger partial charge in [-0.2, -0.15) is 0 Å². The number of rotatable bonds is 2. The zero-order valence-corrected chi connectivity index (χ0v) is 18.4. The number of amides is 1. The number of allylic oxidation sites excluding steroid dienone is 2. The van der Waals surface area contributed by atoms with Gasteiger partial charge in [-0.3, -0.25) is 9.78 Å². The third kappa shape index (κ3) is 2.83. The summed E-state index contributed by atoms with van der Waals surface area (Å²) < 4.78 is 0. The third-order valence-corrected chi connectivity index (χ3v) is 9.26. The maximum atomic E-state index is 12.8. The van der Waals surface area contributed by atoms with Crippen molar-refractivity contribution in [2.75, 3.05) is 6.54 Å². The quantitative estimate of drug-likeness (QED) is 0.652. The first-order chi connectivity index (χ1) is 14.0. The maximum Gasteiger partial charge on any atom is 0.223 e. The van der Waals surface area contributed by atoms with Crippen LogP contribution in [-0.4, -0.2) is 27.9 Å². The SMILES string of the molecule is CCc1cncc(C2=CCC3C4CCN5C(=O)CCCC[C@]5(C)C4CC[C@]23C)c1. The van der Waals surface area contributed by atoms with Crippen LogP contribution >= 0.6 is 0 Å². The second-order valence-electron chi connectivity index (χ2n) is 10.5. The number of aryl methyl sites for hydroxylation is 1. The Hall–Kier alpha value is -1.64. The summed E-state index contributed by atoms with van der Waals surface area (Å²) in [5.41, 5.74) is 4.59. The van der Waals surface area contributed by atoms with Crippen LogP contribution in [-0.2, 0) is 11.2 Å². The van der Waals surface area contributed by atoms with Gasteiger partial charge in [-0.15, -0.1) is 0 Å². The molecule has 3 heterocycles. The molecule has 0 bridgehead atoms. The van der Waals surface area contributed by atoms with E-state index in [1.807, 2.05) is 6.20 Å². The average Bonchev–Trinajstić information content (AvgIpc) is 3.00. The molecule has 2 aliphatic heterocycles. The summed E-state index contributed by atoms with van der Waals surface area (Å²) >= 11 is 0. The summed E-state index contributed by atoms with van der Waals surface area (Å²) in [6.45, 7) is 8.14. The number of hydrogen-bond acceptors (Lipinski definition) is 2. The first-order valence-corrected chi connectivity index (χ1v) is 11.9. The molecule has 5 atom stereocenters. The highest BCUT2D eigenvalue weighted by Gasteiger charge is 2.58. The van der Waals surface area contributed by atoms with Crippen LogP contribution in [0.3, 0.4) is 0 Å². The molecule has 3 nitrogen and oxygen atoms in total. The maximum absolute atomic E-state index is 12.8. The highest BCUT2D eigenvalue weighted by molar-refractivity contribution is 5.78. The van der Waals surface area contributed by atoms with Gasteiger partial charge < -0.3 is 4.90 Å². The number of nitrogens with zero attached hydrogens (tertiary/aromatic N) is 2. The van der Waals surface area contributed by atoms with Crippen molar-refractivity contribution in [1.82, 2.24) is 9.88 Å². The summed E-state index contributed by atoms with van der Waals surface area (Å²) in [7, 11) is 0. The van der Waals surface area contributed by atoms with Gasteiger partial charge in [-0.1, -0.05) is 26.3 Å². The van der Waals surface area contributed by atoms with Crippen molar-refractivity contribution in [3.8, 4) is 0 Å². The zero-order chi connectivity index (χ0) is 20.2. The van der Waals surface area contributed by atoms with Crippen molar-refractivity contribution >= 4 is 11.5 Å². The smallest absolute Gasteiger partial charge is 0.223 e. The lowest BCUT2D eigenvalue weighted by atomic mass is 9.52. The molecule has 3 heteroatoms. The Morgan fingerprint density at radius 2 is 2.00 bits per heavy atom. The Bertz CT molecular complexity index is 845. The summed E-state index contributed by atoms with van der Waals surface area (Å²) in [4.78, 5) is 19.7. The number of aromatic nitrogens is 1. The Morgan fingerprint density at radius 3 is 2.83 bits per heavy atom. The normalized spacial score (nSPS) is 39.3. The molecule has 156 valence electrons. The van der Waals surface area contributed by atoms with Crippen LogP contribution < -0.4 is 0 Å². The van der Waals surface area contributed by atoms with Gasteiger partial charge in [0.05, 0.1) is 0 Å². The molecule has 0 aromatic carbocycles. The van der Waals surface area contributed by atoms with Gasteiger partial charge in [0.25, 0.3) is 0 Å². The number of piperidine rings is 1. The van der Waals surface area contributed by atoms with Crippen LogP contribution in [0.4, 0.5) is 0 Å². The molecule has 0 spiro atoms. The van der Waals surface area contributed by atoms with Crippen molar-refractivity contribution < 1.29 is 4.79 Å². The molecule has 1 amide bonds. The van der Waals surface area contributed by atoms with E-state index in [4.69, 9.17) is 0 Å². The fourth-order valence-electron chi connectivity index (χ4n) is 7.66. The van der Waals surface area contributed by atoms with Crippen molar-refractivity contribution in [3.05, 3.63) is 35.7 Å². The lowest BCUT2D eigenvalue weighted by Gasteiger charge is -2.59. The molecule has 2 saturated heterocycles. The minimum atomic E-state index is 0.0876. The highest BCUT2D eigenvalue weighted by atomic mass is 16.2. The van der Waals surface area contributed by atoms with Crippen LogP contribution in [0.2, 0.25) is 0 Å². The summed E-state index contributed by atoms with van der Waals surface area (Å²) in [6.07, 6.45) is 16.8. The molecular weight excluding hydrogens is 356 g/mol. The number of pyridine rings is 1. The largest absolute Gasteiger partial charge is 0.337 e. The number of hydrogen-bond donors (Lipinski definition) is 0. The molecule has 1 aromatic heterocycles. The van der Waals surface area contributed by atoms with E-state index in [-0.39, 0.29) is 11.0 Å². The fraction of sp³-hybridized carbons (Fsp3) is 0.692. The third-order valence-electron chi connectivity index (χ3n) is 9.26. The number of carbonyl (C=O) groups is 1. The van der Waals surface area contributed by atoms with Gasteiger partial charge in [0.2, 0.25) is 5.91 Å². The van der Waals surface area contributed by atoms with E-state index in [1.165, 1.54) is 49.7 Å². The van der Waals surface area contributed by atoms with Gasteiger partial charge in [-0.25, -0.2) is 0 Å². The Labute approximate surface area is 176 Å². The Kier molecular flexibility index (Phi) is 4.64. The topological polar surface area (TPSA) is 33.2 Å². The minimum Gasteiger partial charge on any atom is -0.337 e. The van der Waals surface area contributed by atoms with Crippen molar-refractivity contribution in [1.29, 1.82) is 0 Å². The van der Waals surface area contributed by atoms with E-state index in [1.54, 1.807) is 5.57 Å². The Balaban J connectivity index is 1.45. The van der Waals surface area contributed by atoms with Crippen molar-refractivity contribution in [3.63, 3.8) is 0 Å². The second kappa shape index (κ2) is 6.96. The molecule has 3 fully saturated rings. The first-order valence-electron chi connectivity index (χ1n) is 11.9. The minimum absolute atomic E-state index is 0.0876. The van der Waals surface area contributed by atoms with Crippen molar-refractivity contribution in [2.45, 2.75) is 84.1 Å². The van der Waals surface area contributed by atoms with E-state index in [0.29, 0.717) is 11.8 Å². The predicted octanol–water partition coefficient (Wildman–Crippen LogP) is 5.64. The van der Waals surface area contributed by atoms with E-state index >= 15 is 0 Å². The number of fused-ring (bicyclic) bond motifs is 5. The standard InChI is InChI=1S/C26H36N2O/c1-4-18-15-19(17-27-16-18)21-8-9-22-20-11-14-28-24(29)7-5-6-12-26(28,3)23(20)10-13-25(21,22)2/h8,15-17,20,22-23H,4-7,9-14H2,1-3H3/t20?,22?,23?,25-,26-/m1/s1. The molecule has 4 aliphatic rings. The molecule has 0 N–H and O–H groups in total. The first kappa shape index (κ1) is 19.3. The van der Waals surface area contributed by atoms with Crippen LogP contribution in [0, 0.1) is 23.2 Å². The Morgan fingerprint density at radius 1 is 1.14 bits per heavy atom. The highest BCUT2D eigenvalue weighted by Crippen LogP contribution is 2.63. The van der Waals surface area contributed by atoms with Crippen LogP contribution in [0.25, 0.3) is 5.57 Å². The van der Waals surface area contributed by atoms with E-state index < -0.39 is 0 Å². The monoisotopic (exact) mass is 392 g/mol. The van der Waals surface area contributed by atoms with E-state index in [9.17, 15) is 4.79 Å².